The Morgan fingerprint density at radius 1 is 0.659 bits per heavy atom. The molecule has 2 amide bonds. The molecule has 0 unspecified atom stereocenters. The monoisotopic (exact) mass is 560 g/mol. The minimum Gasteiger partial charge on any atom is -0.326 e. The maximum atomic E-state index is 12.1. The van der Waals surface area contributed by atoms with Crippen LogP contribution in [0.3, 0.4) is 0 Å². The minimum atomic E-state index is -0.0645. The first-order chi connectivity index (χ1) is 19.4. The van der Waals surface area contributed by atoms with Crippen LogP contribution in [0.2, 0.25) is 0 Å². The zero-order valence-electron chi connectivity index (χ0n) is 24.9. The minimum absolute atomic E-state index is 0.0188. The van der Waals surface area contributed by atoms with Gasteiger partial charge < -0.3 is 10.6 Å². The van der Waals surface area contributed by atoms with Gasteiger partial charge in [-0.1, -0.05) is 70.2 Å². The maximum Gasteiger partial charge on any atom is 0.373 e. The van der Waals surface area contributed by atoms with Gasteiger partial charge in [-0.15, -0.1) is 0 Å². The number of carbonyl (C=O) groups is 2. The Labute approximate surface area is 242 Å². The highest BCUT2D eigenvalue weighted by Crippen LogP contribution is 2.20. The number of benzene rings is 3. The Morgan fingerprint density at radius 2 is 1.05 bits per heavy atom. The van der Waals surface area contributed by atoms with Crippen LogP contribution in [0.4, 0.5) is 11.4 Å². The standard InChI is InChI=1S/C18H21NO.C13H19NO.2CO2/c1-13(2)11-15-9-10-17(14(3)12-15)19-18(20)16-7-5-4-6-8-16;1-9(2)7-12-5-6-13(10(3)8-12)14-11(4)15;2*2-1-3/h4-10,12-13H,11H2,1-3H3,(H,19,20);5-6,8-9H,7H2,1-4H3,(H,14,15);;. The van der Waals surface area contributed by atoms with Gasteiger partial charge in [0.2, 0.25) is 5.91 Å². The molecule has 0 fully saturated rings. The van der Waals surface area contributed by atoms with Crippen LogP contribution in [0.1, 0.15) is 67.2 Å². The zero-order valence-corrected chi connectivity index (χ0v) is 24.9. The van der Waals surface area contributed by atoms with E-state index in [1.807, 2.05) is 56.3 Å². The van der Waals surface area contributed by atoms with Crippen molar-refractivity contribution in [3.05, 3.63) is 94.5 Å². The van der Waals surface area contributed by atoms with E-state index < -0.39 is 0 Å². The Kier molecular flexibility index (Phi) is 18.0. The third kappa shape index (κ3) is 16.2. The highest BCUT2D eigenvalue weighted by atomic mass is 16.2. The molecule has 0 aliphatic heterocycles. The summed E-state index contributed by atoms with van der Waals surface area (Å²) in [6, 6.07) is 21.7. The van der Waals surface area contributed by atoms with E-state index in [0.717, 1.165) is 35.3 Å². The van der Waals surface area contributed by atoms with Crippen LogP contribution in [-0.4, -0.2) is 24.1 Å². The van der Waals surface area contributed by atoms with E-state index >= 15 is 0 Å². The van der Waals surface area contributed by atoms with Gasteiger partial charge in [-0.3, -0.25) is 9.59 Å². The van der Waals surface area contributed by atoms with Gasteiger partial charge in [-0.25, -0.2) is 0 Å². The second-order valence-corrected chi connectivity index (χ2v) is 10.2. The van der Waals surface area contributed by atoms with Crippen molar-refractivity contribution in [3.63, 3.8) is 0 Å². The van der Waals surface area contributed by atoms with E-state index in [4.69, 9.17) is 19.2 Å². The molecule has 0 aliphatic rings. The molecule has 0 aromatic heterocycles. The first kappa shape index (κ1) is 36.4. The molecule has 3 aromatic carbocycles. The fraction of sp³-hybridized carbons (Fsp3) is 0.333. The highest BCUT2D eigenvalue weighted by Gasteiger charge is 2.08. The summed E-state index contributed by atoms with van der Waals surface area (Å²) in [7, 11) is 0. The largest absolute Gasteiger partial charge is 0.373 e. The SMILES string of the molecule is CC(=O)Nc1ccc(CC(C)C)cc1C.Cc1cc(CC(C)C)ccc1NC(=O)c1ccccc1.O=C=O.O=C=O. The molecule has 0 spiro atoms. The van der Waals surface area contributed by atoms with Crippen molar-refractivity contribution < 1.29 is 28.8 Å². The van der Waals surface area contributed by atoms with Crippen LogP contribution < -0.4 is 10.6 Å². The van der Waals surface area contributed by atoms with Crippen LogP contribution in [0, 0.1) is 25.7 Å². The maximum absolute atomic E-state index is 12.1. The quantitative estimate of drug-likeness (QED) is 0.343. The third-order valence-corrected chi connectivity index (χ3v) is 5.46. The van der Waals surface area contributed by atoms with E-state index in [1.165, 1.54) is 18.1 Å². The van der Waals surface area contributed by atoms with Gasteiger partial charge >= 0.3 is 12.3 Å². The number of amides is 2. The number of nitrogens with one attached hydrogen (secondary N) is 2. The Hall–Kier alpha value is -4.64. The normalized spacial score (nSPS) is 9.39. The number of anilines is 2. The fourth-order valence-corrected chi connectivity index (χ4v) is 3.90. The lowest BCUT2D eigenvalue weighted by atomic mass is 10.0. The van der Waals surface area contributed by atoms with Crippen molar-refractivity contribution in [1.82, 2.24) is 0 Å². The smallest absolute Gasteiger partial charge is 0.326 e. The fourth-order valence-electron chi connectivity index (χ4n) is 3.90. The molecule has 218 valence electrons. The first-order valence-corrected chi connectivity index (χ1v) is 13.2. The predicted molar refractivity (Wildman–Crippen MR) is 158 cm³/mol. The second kappa shape index (κ2) is 20.3. The molecule has 0 radical (unpaired) electrons. The number of aryl methyl sites for hydroxylation is 2. The lowest BCUT2D eigenvalue weighted by Gasteiger charge is -2.11. The molecular formula is C33H40N2O6. The number of hydrogen-bond donors (Lipinski definition) is 2. The van der Waals surface area contributed by atoms with E-state index in [2.05, 4.69) is 62.6 Å². The Bertz CT molecular complexity index is 1290. The van der Waals surface area contributed by atoms with Crippen LogP contribution in [-0.2, 0) is 36.8 Å². The van der Waals surface area contributed by atoms with Crippen molar-refractivity contribution in [3.8, 4) is 0 Å². The summed E-state index contributed by atoms with van der Waals surface area (Å²) in [6.45, 7) is 14.4. The number of hydrogen-bond acceptors (Lipinski definition) is 6. The second-order valence-electron chi connectivity index (χ2n) is 10.2. The highest BCUT2D eigenvalue weighted by molar-refractivity contribution is 6.04. The molecule has 0 saturated heterocycles. The molecule has 0 heterocycles. The topological polar surface area (TPSA) is 126 Å². The molecule has 0 bridgehead atoms. The molecule has 3 aromatic rings. The van der Waals surface area contributed by atoms with Crippen molar-refractivity contribution in [2.24, 2.45) is 11.8 Å². The lowest BCUT2D eigenvalue weighted by Crippen LogP contribution is -2.12. The van der Waals surface area contributed by atoms with E-state index in [-0.39, 0.29) is 24.1 Å². The third-order valence-electron chi connectivity index (χ3n) is 5.46. The molecule has 3 rings (SSSR count). The summed E-state index contributed by atoms with van der Waals surface area (Å²) in [5, 5.41) is 5.78. The van der Waals surface area contributed by atoms with E-state index in [9.17, 15) is 9.59 Å². The molecule has 0 atom stereocenters. The van der Waals surface area contributed by atoms with Crippen LogP contribution >= 0.6 is 0 Å². The van der Waals surface area contributed by atoms with Gasteiger partial charge in [-0.2, -0.15) is 19.2 Å². The summed E-state index contributed by atoms with van der Waals surface area (Å²) in [5.74, 6) is 1.22. The molecule has 8 heteroatoms. The van der Waals surface area contributed by atoms with E-state index in [1.54, 1.807) is 0 Å². The first-order valence-electron chi connectivity index (χ1n) is 13.2. The number of carbonyl (C=O) groups excluding carboxylic acids is 6. The number of rotatable bonds is 7. The van der Waals surface area contributed by atoms with Gasteiger partial charge in [0.25, 0.3) is 5.91 Å². The molecule has 0 aliphatic carbocycles. The van der Waals surface area contributed by atoms with Crippen molar-refractivity contribution in [1.29, 1.82) is 0 Å². The Morgan fingerprint density at radius 3 is 1.39 bits per heavy atom. The molecule has 8 nitrogen and oxygen atoms in total. The van der Waals surface area contributed by atoms with Crippen molar-refractivity contribution in [2.75, 3.05) is 10.6 Å². The van der Waals surface area contributed by atoms with Gasteiger partial charge in [0.05, 0.1) is 0 Å². The average molecular weight is 561 g/mol. The molecule has 0 saturated carbocycles. The lowest BCUT2D eigenvalue weighted by molar-refractivity contribution is -0.193. The van der Waals surface area contributed by atoms with Crippen LogP contribution in [0.15, 0.2) is 66.7 Å². The van der Waals surface area contributed by atoms with E-state index in [0.29, 0.717) is 17.4 Å². The molecule has 2 N–H and O–H groups in total. The van der Waals surface area contributed by atoms with Crippen molar-refractivity contribution in [2.45, 2.75) is 61.3 Å². The van der Waals surface area contributed by atoms with Crippen molar-refractivity contribution >= 4 is 35.5 Å². The zero-order chi connectivity index (χ0) is 31.4. The van der Waals surface area contributed by atoms with Gasteiger partial charge in [0, 0.05) is 23.9 Å². The summed E-state index contributed by atoms with van der Waals surface area (Å²) in [6.07, 6.45) is 2.65. The Balaban J connectivity index is 0.000000673. The van der Waals surface area contributed by atoms with Gasteiger partial charge in [0.1, 0.15) is 0 Å². The van der Waals surface area contributed by atoms with Gasteiger partial charge in [0.15, 0.2) is 0 Å². The van der Waals surface area contributed by atoms with Crippen LogP contribution in [0.25, 0.3) is 0 Å². The molecular weight excluding hydrogens is 520 g/mol. The molecule has 41 heavy (non-hydrogen) atoms. The van der Waals surface area contributed by atoms with Crippen LogP contribution in [0.5, 0.6) is 0 Å². The predicted octanol–water partition coefficient (Wildman–Crippen LogP) is 6.43. The summed E-state index contributed by atoms with van der Waals surface area (Å²) < 4.78 is 0. The van der Waals surface area contributed by atoms with Gasteiger partial charge in [-0.05, 0) is 85.0 Å². The summed E-state index contributed by atoms with van der Waals surface area (Å²) in [5.41, 5.74) is 7.35. The summed E-state index contributed by atoms with van der Waals surface area (Å²) in [4.78, 5) is 55.5. The summed E-state index contributed by atoms with van der Waals surface area (Å²) >= 11 is 0. The average Bonchev–Trinajstić information content (AvgIpc) is 2.88.